The Balaban J connectivity index is 1.94. The van der Waals surface area contributed by atoms with E-state index in [2.05, 4.69) is 65.4 Å². The summed E-state index contributed by atoms with van der Waals surface area (Å²) in [5.74, 6) is 0.934. The molecule has 0 amide bonds. The monoisotopic (exact) mass is 299 g/mol. The van der Waals surface area contributed by atoms with Crippen molar-refractivity contribution in [2.45, 2.75) is 26.9 Å². The van der Waals surface area contributed by atoms with Gasteiger partial charge in [0.15, 0.2) is 5.96 Å². The fraction of sp³-hybridized carbons (Fsp3) is 0.412. The Bertz CT molecular complexity index is 572. The van der Waals surface area contributed by atoms with Gasteiger partial charge in [-0.25, -0.2) is 4.98 Å². The topological polar surface area (TPSA) is 45.5 Å². The third-order valence-corrected chi connectivity index (χ3v) is 3.42. The average molecular weight is 299 g/mol. The molecule has 1 heterocycles. The summed E-state index contributed by atoms with van der Waals surface area (Å²) in [5.41, 5.74) is 2.57. The molecule has 0 radical (unpaired) electrons. The summed E-state index contributed by atoms with van der Waals surface area (Å²) in [4.78, 5) is 10.9. The number of guanidine groups is 1. The first-order valence-electron chi connectivity index (χ1n) is 7.69. The molecule has 0 aliphatic heterocycles. The summed E-state index contributed by atoms with van der Waals surface area (Å²) >= 11 is 0. The highest BCUT2D eigenvalue weighted by molar-refractivity contribution is 5.79. The minimum Gasteiger partial charge on any atom is -0.357 e. The van der Waals surface area contributed by atoms with Gasteiger partial charge in [0.1, 0.15) is 0 Å². The molecule has 0 saturated heterocycles. The van der Waals surface area contributed by atoms with Crippen LogP contribution < -0.4 is 5.32 Å². The molecular formula is C17H25N5. The largest absolute Gasteiger partial charge is 0.357 e. The predicted octanol–water partition coefficient (Wildman–Crippen LogP) is 2.29. The fourth-order valence-electron chi connectivity index (χ4n) is 2.20. The van der Waals surface area contributed by atoms with Gasteiger partial charge in [0.2, 0.25) is 0 Å². The molecule has 2 aromatic rings. The van der Waals surface area contributed by atoms with Crippen LogP contribution in [0.25, 0.3) is 0 Å². The van der Waals surface area contributed by atoms with Gasteiger partial charge in [0.25, 0.3) is 0 Å². The van der Waals surface area contributed by atoms with Crippen molar-refractivity contribution in [1.29, 1.82) is 0 Å². The minimum atomic E-state index is 0.733. The molecule has 5 nitrogen and oxygen atoms in total. The van der Waals surface area contributed by atoms with Crippen molar-refractivity contribution < 1.29 is 0 Å². The summed E-state index contributed by atoms with van der Waals surface area (Å²) in [6.07, 6.45) is 5.56. The van der Waals surface area contributed by atoms with Crippen LogP contribution >= 0.6 is 0 Å². The van der Waals surface area contributed by atoms with Crippen LogP contribution in [0.2, 0.25) is 0 Å². The van der Waals surface area contributed by atoms with Crippen molar-refractivity contribution in [3.8, 4) is 0 Å². The quantitative estimate of drug-likeness (QED) is 0.657. The van der Waals surface area contributed by atoms with Crippen molar-refractivity contribution in [3.63, 3.8) is 0 Å². The van der Waals surface area contributed by atoms with Crippen LogP contribution in [0.5, 0.6) is 0 Å². The van der Waals surface area contributed by atoms with Crippen LogP contribution in [-0.2, 0) is 13.1 Å². The first kappa shape index (κ1) is 16.1. The van der Waals surface area contributed by atoms with E-state index in [-0.39, 0.29) is 0 Å². The molecule has 0 aliphatic carbocycles. The van der Waals surface area contributed by atoms with E-state index in [4.69, 9.17) is 0 Å². The van der Waals surface area contributed by atoms with E-state index in [1.165, 1.54) is 11.1 Å². The molecule has 118 valence electrons. The van der Waals surface area contributed by atoms with Gasteiger partial charge in [-0.1, -0.05) is 29.8 Å². The molecular weight excluding hydrogens is 274 g/mol. The normalized spacial score (nSPS) is 11.5. The first-order valence-corrected chi connectivity index (χ1v) is 7.69. The number of benzene rings is 1. The number of hydrogen-bond donors (Lipinski definition) is 1. The number of hydrogen-bond acceptors (Lipinski definition) is 2. The van der Waals surface area contributed by atoms with Crippen molar-refractivity contribution in [2.75, 3.05) is 20.1 Å². The maximum Gasteiger partial charge on any atom is 0.194 e. The number of aryl methyl sites for hydroxylation is 1. The zero-order chi connectivity index (χ0) is 15.8. The Morgan fingerprint density at radius 2 is 2.09 bits per heavy atom. The van der Waals surface area contributed by atoms with E-state index in [1.807, 2.05) is 17.1 Å². The second-order valence-corrected chi connectivity index (χ2v) is 5.38. The minimum absolute atomic E-state index is 0.733. The number of aromatic nitrogens is 2. The van der Waals surface area contributed by atoms with Gasteiger partial charge in [-0.15, -0.1) is 0 Å². The molecule has 1 aromatic heterocycles. The molecule has 2 rings (SSSR count). The number of rotatable bonds is 6. The van der Waals surface area contributed by atoms with Crippen LogP contribution in [0, 0.1) is 6.92 Å². The standard InChI is InChI=1S/C17H25N5/c1-4-19-17(20-10-12-22-11-9-18-14-22)21(3)13-16-7-5-15(2)6-8-16/h5-9,11,14H,4,10,12-13H2,1-3H3,(H,19,20). The fourth-order valence-corrected chi connectivity index (χ4v) is 2.20. The van der Waals surface area contributed by atoms with Gasteiger partial charge >= 0.3 is 0 Å². The van der Waals surface area contributed by atoms with E-state index in [0.717, 1.165) is 32.1 Å². The maximum atomic E-state index is 4.68. The highest BCUT2D eigenvalue weighted by Crippen LogP contribution is 2.06. The molecule has 0 fully saturated rings. The summed E-state index contributed by atoms with van der Waals surface area (Å²) in [6, 6.07) is 8.63. The number of nitrogens with one attached hydrogen (secondary N) is 1. The zero-order valence-electron chi connectivity index (χ0n) is 13.7. The molecule has 0 aliphatic rings. The number of imidazole rings is 1. The molecule has 0 spiro atoms. The van der Waals surface area contributed by atoms with Gasteiger partial charge in [-0.2, -0.15) is 0 Å². The van der Waals surface area contributed by atoms with Gasteiger partial charge in [0, 0.05) is 39.1 Å². The van der Waals surface area contributed by atoms with Crippen LogP contribution in [-0.4, -0.2) is 40.5 Å². The van der Waals surface area contributed by atoms with Crippen molar-refractivity contribution in [1.82, 2.24) is 19.8 Å². The smallest absolute Gasteiger partial charge is 0.194 e. The second-order valence-electron chi connectivity index (χ2n) is 5.38. The maximum absolute atomic E-state index is 4.68. The van der Waals surface area contributed by atoms with E-state index in [9.17, 15) is 0 Å². The highest BCUT2D eigenvalue weighted by atomic mass is 15.3. The lowest BCUT2D eigenvalue weighted by molar-refractivity contribution is 0.475. The molecule has 0 unspecified atom stereocenters. The summed E-state index contributed by atoms with van der Waals surface area (Å²) in [7, 11) is 2.07. The van der Waals surface area contributed by atoms with E-state index >= 15 is 0 Å². The van der Waals surface area contributed by atoms with Gasteiger partial charge in [-0.05, 0) is 19.4 Å². The molecule has 22 heavy (non-hydrogen) atoms. The van der Waals surface area contributed by atoms with E-state index < -0.39 is 0 Å². The first-order chi connectivity index (χ1) is 10.7. The van der Waals surface area contributed by atoms with Gasteiger partial charge in [0.05, 0.1) is 12.9 Å². The number of aliphatic imine (C=N–C) groups is 1. The van der Waals surface area contributed by atoms with Crippen LogP contribution in [0.15, 0.2) is 48.0 Å². The molecule has 1 N–H and O–H groups in total. The predicted molar refractivity (Wildman–Crippen MR) is 90.9 cm³/mol. The highest BCUT2D eigenvalue weighted by Gasteiger charge is 2.06. The molecule has 1 aromatic carbocycles. The molecule has 0 saturated carbocycles. The third-order valence-electron chi connectivity index (χ3n) is 3.42. The Morgan fingerprint density at radius 3 is 2.73 bits per heavy atom. The number of nitrogens with zero attached hydrogens (tertiary/aromatic N) is 4. The lowest BCUT2D eigenvalue weighted by atomic mass is 10.1. The van der Waals surface area contributed by atoms with Crippen LogP contribution in [0.4, 0.5) is 0 Å². The Labute approximate surface area is 132 Å². The van der Waals surface area contributed by atoms with Crippen molar-refractivity contribution in [3.05, 3.63) is 54.1 Å². The summed E-state index contributed by atoms with van der Waals surface area (Å²) in [6.45, 7) is 7.48. The van der Waals surface area contributed by atoms with E-state index in [0.29, 0.717) is 0 Å². The lowest BCUT2D eigenvalue weighted by Crippen LogP contribution is -2.38. The molecule has 0 bridgehead atoms. The summed E-state index contributed by atoms with van der Waals surface area (Å²) in [5, 5.41) is 3.35. The van der Waals surface area contributed by atoms with Crippen LogP contribution in [0.1, 0.15) is 18.1 Å². The van der Waals surface area contributed by atoms with Gasteiger partial charge in [-0.3, -0.25) is 4.99 Å². The van der Waals surface area contributed by atoms with Gasteiger partial charge < -0.3 is 14.8 Å². The lowest BCUT2D eigenvalue weighted by Gasteiger charge is -2.22. The third kappa shape index (κ3) is 4.91. The van der Waals surface area contributed by atoms with E-state index in [1.54, 1.807) is 6.20 Å². The Kier molecular flexibility index (Phi) is 6.01. The van der Waals surface area contributed by atoms with Crippen molar-refractivity contribution in [2.24, 2.45) is 4.99 Å². The van der Waals surface area contributed by atoms with Crippen molar-refractivity contribution >= 4 is 5.96 Å². The Hall–Kier alpha value is -2.30. The summed E-state index contributed by atoms with van der Waals surface area (Å²) < 4.78 is 2.03. The van der Waals surface area contributed by atoms with Crippen LogP contribution in [0.3, 0.4) is 0 Å². The average Bonchev–Trinajstić information content (AvgIpc) is 3.02. The SMILES string of the molecule is CCNC(=NCCn1ccnc1)N(C)Cc1ccc(C)cc1. The molecule has 5 heteroatoms. The Morgan fingerprint density at radius 1 is 1.32 bits per heavy atom. The second kappa shape index (κ2) is 8.22. The molecule has 0 atom stereocenters. The zero-order valence-corrected chi connectivity index (χ0v) is 13.7.